The van der Waals surface area contributed by atoms with Gasteiger partial charge < -0.3 is 4.98 Å². The maximum atomic E-state index is 4.52. The highest BCUT2D eigenvalue weighted by Crippen LogP contribution is 2.20. The summed E-state index contributed by atoms with van der Waals surface area (Å²) in [5, 5.41) is 4.43. The van der Waals surface area contributed by atoms with Crippen LogP contribution in [0.2, 0.25) is 0 Å². The molecule has 0 atom stereocenters. The number of fused-ring (bicyclic) bond motifs is 1. The molecule has 3 aromatic rings. The third-order valence-corrected chi connectivity index (χ3v) is 3.02. The van der Waals surface area contributed by atoms with Gasteiger partial charge in [0.1, 0.15) is 5.69 Å². The molecule has 0 unspecified atom stereocenters. The summed E-state index contributed by atoms with van der Waals surface area (Å²) >= 11 is 0. The van der Waals surface area contributed by atoms with Crippen LogP contribution in [-0.4, -0.2) is 24.7 Å². The lowest BCUT2D eigenvalue weighted by molar-refractivity contribution is 0.749. The van der Waals surface area contributed by atoms with Gasteiger partial charge in [-0.25, -0.2) is 9.97 Å². The van der Waals surface area contributed by atoms with E-state index < -0.39 is 0 Å². The van der Waals surface area contributed by atoms with Crippen LogP contribution in [0.4, 0.5) is 0 Å². The molecule has 0 fully saturated rings. The first kappa shape index (κ1) is 11.0. The van der Waals surface area contributed by atoms with E-state index >= 15 is 0 Å². The number of aromatic amines is 1. The number of aryl methyl sites for hydroxylation is 3. The van der Waals surface area contributed by atoms with E-state index in [1.807, 2.05) is 30.8 Å². The fourth-order valence-electron chi connectivity index (χ4n) is 2.03. The second kappa shape index (κ2) is 3.94. The average Bonchev–Trinajstić information content (AvgIpc) is 2.91. The van der Waals surface area contributed by atoms with Crippen LogP contribution in [0.25, 0.3) is 22.7 Å². The summed E-state index contributed by atoms with van der Waals surface area (Å²) in [6.45, 7) is 4.06. The maximum absolute atomic E-state index is 4.52. The summed E-state index contributed by atoms with van der Waals surface area (Å²) in [5.74, 6) is 0.817. The highest BCUT2D eigenvalue weighted by molar-refractivity contribution is 5.75. The SMILES string of the molecule is CCc1cc(-c2nc3nc(C)ccc3[nH]2)n(C)n1. The number of H-pyrrole nitrogens is 1. The third-order valence-electron chi connectivity index (χ3n) is 3.02. The molecule has 0 radical (unpaired) electrons. The molecule has 3 rings (SSSR count). The van der Waals surface area contributed by atoms with Crippen LogP contribution in [0.5, 0.6) is 0 Å². The van der Waals surface area contributed by atoms with E-state index in [4.69, 9.17) is 0 Å². The van der Waals surface area contributed by atoms with Gasteiger partial charge in [0.25, 0.3) is 0 Å². The van der Waals surface area contributed by atoms with Gasteiger partial charge in [-0.15, -0.1) is 0 Å². The van der Waals surface area contributed by atoms with Gasteiger partial charge in [-0.3, -0.25) is 4.68 Å². The predicted octanol–water partition coefficient (Wildman–Crippen LogP) is 2.23. The summed E-state index contributed by atoms with van der Waals surface area (Å²) in [6, 6.07) is 6.04. The van der Waals surface area contributed by atoms with Crippen LogP contribution in [0, 0.1) is 6.92 Å². The number of nitrogens with zero attached hydrogens (tertiary/aromatic N) is 4. The second-order valence-electron chi connectivity index (χ2n) is 4.41. The molecular formula is C13H15N5. The van der Waals surface area contributed by atoms with Crippen LogP contribution >= 0.6 is 0 Å². The molecule has 0 saturated heterocycles. The monoisotopic (exact) mass is 241 g/mol. The number of nitrogens with one attached hydrogen (secondary N) is 1. The molecule has 5 heteroatoms. The molecule has 1 N–H and O–H groups in total. The molecule has 18 heavy (non-hydrogen) atoms. The van der Waals surface area contributed by atoms with Crippen LogP contribution in [-0.2, 0) is 13.5 Å². The number of hydrogen-bond donors (Lipinski definition) is 1. The Morgan fingerprint density at radius 1 is 1.28 bits per heavy atom. The van der Waals surface area contributed by atoms with E-state index in [1.54, 1.807) is 0 Å². The first-order valence-corrected chi connectivity index (χ1v) is 6.04. The van der Waals surface area contributed by atoms with Crippen LogP contribution in [0.3, 0.4) is 0 Å². The zero-order chi connectivity index (χ0) is 12.7. The van der Waals surface area contributed by atoms with Crippen LogP contribution in [0.15, 0.2) is 18.2 Å². The summed E-state index contributed by atoms with van der Waals surface area (Å²) in [7, 11) is 1.93. The molecule has 0 saturated carbocycles. The van der Waals surface area contributed by atoms with Gasteiger partial charge in [0.2, 0.25) is 0 Å². The van der Waals surface area contributed by atoms with E-state index in [2.05, 4.69) is 33.0 Å². The summed E-state index contributed by atoms with van der Waals surface area (Å²) in [4.78, 5) is 12.2. The molecule has 3 heterocycles. The van der Waals surface area contributed by atoms with Gasteiger partial charge in [0.05, 0.1) is 11.2 Å². The van der Waals surface area contributed by atoms with Gasteiger partial charge in [0, 0.05) is 12.7 Å². The molecule has 0 spiro atoms. The smallest absolute Gasteiger partial charge is 0.178 e. The fraction of sp³-hybridized carbons (Fsp3) is 0.308. The molecule has 0 aliphatic rings. The quantitative estimate of drug-likeness (QED) is 0.748. The standard InChI is InChI=1S/C13H15N5/c1-4-9-7-11(18(3)17-9)13-15-10-6-5-8(2)14-12(10)16-13/h5-7H,4H2,1-3H3,(H,14,15,16). The number of hydrogen-bond acceptors (Lipinski definition) is 3. The Bertz CT molecular complexity index is 707. The van der Waals surface area contributed by atoms with Gasteiger partial charge in [-0.1, -0.05) is 6.92 Å². The molecule has 0 aromatic carbocycles. The van der Waals surface area contributed by atoms with Crippen molar-refractivity contribution in [3.8, 4) is 11.5 Å². The fourth-order valence-corrected chi connectivity index (χ4v) is 2.03. The summed E-state index contributed by atoms with van der Waals surface area (Å²) < 4.78 is 1.85. The molecule has 92 valence electrons. The number of aromatic nitrogens is 5. The molecule has 0 aliphatic carbocycles. The highest BCUT2D eigenvalue weighted by atomic mass is 15.3. The molecule has 0 amide bonds. The Hall–Kier alpha value is -2.17. The normalized spacial score (nSPS) is 11.3. The zero-order valence-corrected chi connectivity index (χ0v) is 10.7. The Balaban J connectivity index is 2.15. The summed E-state index contributed by atoms with van der Waals surface area (Å²) in [5.41, 5.74) is 4.73. The number of rotatable bonds is 2. The van der Waals surface area contributed by atoms with Gasteiger partial charge in [0.15, 0.2) is 11.5 Å². The van der Waals surface area contributed by atoms with Gasteiger partial charge in [-0.2, -0.15) is 5.10 Å². The molecule has 0 aliphatic heterocycles. The van der Waals surface area contributed by atoms with Crippen molar-refractivity contribution in [3.63, 3.8) is 0 Å². The van der Waals surface area contributed by atoms with Crippen molar-refractivity contribution in [2.45, 2.75) is 20.3 Å². The minimum absolute atomic E-state index is 0.754. The molecule has 0 bridgehead atoms. The predicted molar refractivity (Wildman–Crippen MR) is 70.2 cm³/mol. The van der Waals surface area contributed by atoms with Crippen molar-refractivity contribution < 1.29 is 0 Å². The Labute approximate surface area is 105 Å². The van der Waals surface area contributed by atoms with Crippen LogP contribution < -0.4 is 0 Å². The lowest BCUT2D eigenvalue weighted by Gasteiger charge is -1.95. The van der Waals surface area contributed by atoms with Crippen molar-refractivity contribution in [2.24, 2.45) is 7.05 Å². The maximum Gasteiger partial charge on any atom is 0.178 e. The van der Waals surface area contributed by atoms with Gasteiger partial charge >= 0.3 is 0 Å². The van der Waals surface area contributed by atoms with Gasteiger partial charge in [-0.05, 0) is 31.5 Å². The van der Waals surface area contributed by atoms with E-state index in [9.17, 15) is 0 Å². The summed E-state index contributed by atoms with van der Waals surface area (Å²) in [6.07, 6.45) is 0.922. The third kappa shape index (κ3) is 1.68. The largest absolute Gasteiger partial charge is 0.335 e. The zero-order valence-electron chi connectivity index (χ0n) is 10.7. The van der Waals surface area contributed by atoms with E-state index in [0.29, 0.717) is 0 Å². The first-order valence-electron chi connectivity index (χ1n) is 6.04. The lowest BCUT2D eigenvalue weighted by Crippen LogP contribution is -1.95. The van der Waals surface area contributed by atoms with Crippen molar-refractivity contribution in [2.75, 3.05) is 0 Å². The van der Waals surface area contributed by atoms with E-state index in [-0.39, 0.29) is 0 Å². The van der Waals surface area contributed by atoms with Crippen molar-refractivity contribution in [3.05, 3.63) is 29.6 Å². The Morgan fingerprint density at radius 2 is 2.11 bits per heavy atom. The molecular weight excluding hydrogens is 226 g/mol. The van der Waals surface area contributed by atoms with Crippen LogP contribution in [0.1, 0.15) is 18.3 Å². The van der Waals surface area contributed by atoms with Crippen molar-refractivity contribution in [1.29, 1.82) is 0 Å². The molecule has 3 aromatic heterocycles. The van der Waals surface area contributed by atoms with Crippen molar-refractivity contribution in [1.82, 2.24) is 24.7 Å². The second-order valence-corrected chi connectivity index (χ2v) is 4.41. The Kier molecular flexibility index (Phi) is 2.40. The lowest BCUT2D eigenvalue weighted by atomic mass is 10.3. The minimum Gasteiger partial charge on any atom is -0.335 e. The van der Waals surface area contributed by atoms with Crippen molar-refractivity contribution >= 4 is 11.2 Å². The minimum atomic E-state index is 0.754. The average molecular weight is 241 g/mol. The highest BCUT2D eigenvalue weighted by Gasteiger charge is 2.11. The number of pyridine rings is 1. The molecule has 5 nitrogen and oxygen atoms in total. The topological polar surface area (TPSA) is 59.4 Å². The number of imidazole rings is 1. The first-order chi connectivity index (χ1) is 8.67. The Morgan fingerprint density at radius 3 is 2.83 bits per heavy atom. The van der Waals surface area contributed by atoms with E-state index in [1.165, 1.54) is 0 Å². The van der Waals surface area contributed by atoms with E-state index in [0.717, 1.165) is 40.5 Å².